The molecule has 7 heteroatoms. The van der Waals surface area contributed by atoms with Gasteiger partial charge in [-0.3, -0.25) is 4.79 Å². The number of hydrogen-bond acceptors (Lipinski definition) is 6. The van der Waals surface area contributed by atoms with Crippen LogP contribution in [0.1, 0.15) is 47.2 Å². The highest BCUT2D eigenvalue weighted by molar-refractivity contribution is 5.95. The summed E-state index contributed by atoms with van der Waals surface area (Å²) in [7, 11) is 3.07. The molecule has 2 aromatic carbocycles. The quantitative estimate of drug-likeness (QED) is 0.460. The van der Waals surface area contributed by atoms with Crippen molar-refractivity contribution < 1.29 is 23.7 Å². The maximum absolute atomic E-state index is 12.9. The Kier molecular flexibility index (Phi) is 7.86. The molecule has 1 amide bonds. The van der Waals surface area contributed by atoms with E-state index in [1.807, 2.05) is 42.5 Å². The van der Waals surface area contributed by atoms with Gasteiger partial charge in [-0.2, -0.15) is 0 Å². The zero-order valence-electron chi connectivity index (χ0n) is 19.6. The van der Waals surface area contributed by atoms with E-state index in [4.69, 9.17) is 18.9 Å². The molecule has 7 nitrogen and oxygen atoms in total. The van der Waals surface area contributed by atoms with E-state index in [2.05, 4.69) is 10.3 Å². The zero-order valence-corrected chi connectivity index (χ0v) is 19.6. The van der Waals surface area contributed by atoms with E-state index in [9.17, 15) is 4.79 Å². The lowest BCUT2D eigenvalue weighted by Crippen LogP contribution is -2.23. The highest BCUT2D eigenvalue weighted by Crippen LogP contribution is 2.39. The first-order valence-corrected chi connectivity index (χ1v) is 11.5. The first kappa shape index (κ1) is 23.4. The third-order valence-corrected chi connectivity index (χ3v) is 5.79. The lowest BCUT2D eigenvalue weighted by molar-refractivity contribution is 0.0950. The summed E-state index contributed by atoms with van der Waals surface area (Å²) in [4.78, 5) is 17.2. The second-order valence-corrected chi connectivity index (χ2v) is 8.19. The van der Waals surface area contributed by atoms with Crippen LogP contribution in [0, 0.1) is 0 Å². The Morgan fingerprint density at radius 3 is 2.35 bits per heavy atom. The number of nitrogens with zero attached hydrogens (tertiary/aromatic N) is 1. The predicted molar refractivity (Wildman–Crippen MR) is 129 cm³/mol. The molecule has 0 atom stereocenters. The first-order valence-electron chi connectivity index (χ1n) is 11.5. The Morgan fingerprint density at radius 1 is 0.971 bits per heavy atom. The number of aromatic nitrogens is 1. The Bertz CT molecular complexity index is 1070. The number of rotatable bonds is 10. The van der Waals surface area contributed by atoms with Gasteiger partial charge in [-0.25, -0.2) is 4.98 Å². The van der Waals surface area contributed by atoms with E-state index in [1.54, 1.807) is 18.3 Å². The summed E-state index contributed by atoms with van der Waals surface area (Å²) in [6.45, 7) is 0.700. The number of carbonyl (C=O) groups is 1. The lowest BCUT2D eigenvalue weighted by atomic mass is 10.1. The van der Waals surface area contributed by atoms with Gasteiger partial charge in [-0.05, 0) is 55.0 Å². The molecule has 0 radical (unpaired) electrons. The SMILES string of the molecule is COc1cc(C(=O)NCc2ccnc(OC3CCCC3)c2)cc(OC)c1OCc1ccccc1. The number of hydrogen-bond donors (Lipinski definition) is 1. The van der Waals surface area contributed by atoms with Gasteiger partial charge in [0.15, 0.2) is 11.5 Å². The molecule has 0 bridgehead atoms. The van der Waals surface area contributed by atoms with Crippen LogP contribution >= 0.6 is 0 Å². The van der Waals surface area contributed by atoms with E-state index < -0.39 is 0 Å². The van der Waals surface area contributed by atoms with Gasteiger partial charge < -0.3 is 24.3 Å². The van der Waals surface area contributed by atoms with E-state index in [-0.39, 0.29) is 12.0 Å². The molecule has 0 unspecified atom stereocenters. The summed E-state index contributed by atoms with van der Waals surface area (Å²) < 4.78 is 22.9. The Hall–Kier alpha value is -3.74. The molecule has 178 valence electrons. The number of amides is 1. The third kappa shape index (κ3) is 5.98. The number of benzene rings is 2. The van der Waals surface area contributed by atoms with Crippen molar-refractivity contribution in [2.24, 2.45) is 0 Å². The predicted octanol–water partition coefficient (Wildman–Crippen LogP) is 4.93. The summed E-state index contributed by atoms with van der Waals surface area (Å²) in [6.07, 6.45) is 6.47. The molecule has 1 aliphatic carbocycles. The van der Waals surface area contributed by atoms with Gasteiger partial charge in [-0.1, -0.05) is 30.3 Å². The monoisotopic (exact) mass is 462 g/mol. The molecule has 0 spiro atoms. The van der Waals surface area contributed by atoms with Gasteiger partial charge in [0.1, 0.15) is 12.7 Å². The van der Waals surface area contributed by atoms with Crippen LogP contribution in [0.25, 0.3) is 0 Å². The fraction of sp³-hybridized carbons (Fsp3) is 0.333. The van der Waals surface area contributed by atoms with Crippen LogP contribution in [0.2, 0.25) is 0 Å². The summed E-state index contributed by atoms with van der Waals surface area (Å²) in [5.41, 5.74) is 2.34. The van der Waals surface area contributed by atoms with Gasteiger partial charge in [0.05, 0.1) is 14.2 Å². The van der Waals surface area contributed by atoms with Crippen molar-refractivity contribution in [2.75, 3.05) is 14.2 Å². The number of nitrogens with one attached hydrogen (secondary N) is 1. The number of methoxy groups -OCH3 is 2. The Morgan fingerprint density at radius 2 is 1.68 bits per heavy atom. The molecule has 1 aromatic heterocycles. The average Bonchev–Trinajstić information content (AvgIpc) is 3.39. The number of pyridine rings is 1. The van der Waals surface area contributed by atoms with Crippen LogP contribution in [-0.2, 0) is 13.2 Å². The van der Waals surface area contributed by atoms with Gasteiger partial charge in [0, 0.05) is 24.4 Å². The van der Waals surface area contributed by atoms with Crippen molar-refractivity contribution in [1.29, 1.82) is 0 Å². The van der Waals surface area contributed by atoms with Gasteiger partial charge in [0.2, 0.25) is 11.6 Å². The van der Waals surface area contributed by atoms with Gasteiger partial charge in [-0.15, -0.1) is 0 Å². The summed E-state index contributed by atoms with van der Waals surface area (Å²) in [5, 5.41) is 2.94. The summed E-state index contributed by atoms with van der Waals surface area (Å²) in [5.74, 6) is 1.66. The van der Waals surface area contributed by atoms with Crippen LogP contribution in [-0.4, -0.2) is 31.2 Å². The lowest BCUT2D eigenvalue weighted by Gasteiger charge is -2.16. The van der Waals surface area contributed by atoms with Crippen LogP contribution < -0.4 is 24.3 Å². The van der Waals surface area contributed by atoms with Gasteiger partial charge in [0.25, 0.3) is 5.91 Å². The first-order chi connectivity index (χ1) is 16.7. The van der Waals surface area contributed by atoms with Crippen molar-refractivity contribution in [3.63, 3.8) is 0 Å². The number of ether oxygens (including phenoxy) is 4. The second-order valence-electron chi connectivity index (χ2n) is 8.19. The second kappa shape index (κ2) is 11.4. The molecule has 1 N–H and O–H groups in total. The molecule has 0 saturated heterocycles. The number of carbonyl (C=O) groups excluding carboxylic acids is 1. The molecular weight excluding hydrogens is 432 g/mol. The minimum absolute atomic E-state index is 0.236. The fourth-order valence-corrected chi connectivity index (χ4v) is 3.97. The van der Waals surface area contributed by atoms with E-state index >= 15 is 0 Å². The maximum atomic E-state index is 12.9. The fourth-order valence-electron chi connectivity index (χ4n) is 3.97. The third-order valence-electron chi connectivity index (χ3n) is 5.79. The van der Waals surface area contributed by atoms with Crippen molar-refractivity contribution in [3.8, 4) is 23.1 Å². The van der Waals surface area contributed by atoms with Crippen LogP contribution in [0.3, 0.4) is 0 Å². The standard InChI is InChI=1S/C27H30N2O5/c1-31-23-15-21(16-24(32-2)26(23)33-18-19-8-4-3-5-9-19)27(30)29-17-20-12-13-28-25(14-20)34-22-10-6-7-11-22/h3-5,8-9,12-16,22H,6-7,10-11,17-18H2,1-2H3,(H,29,30). The van der Waals surface area contributed by atoms with Crippen molar-refractivity contribution in [2.45, 2.75) is 44.9 Å². The largest absolute Gasteiger partial charge is 0.493 e. The molecule has 0 aliphatic heterocycles. The van der Waals surface area contributed by atoms with Crippen LogP contribution in [0.5, 0.6) is 23.1 Å². The van der Waals surface area contributed by atoms with Crippen LogP contribution in [0.4, 0.5) is 0 Å². The molecule has 3 aromatic rings. The van der Waals surface area contributed by atoms with E-state index in [0.29, 0.717) is 41.8 Å². The smallest absolute Gasteiger partial charge is 0.251 e. The van der Waals surface area contributed by atoms with E-state index in [0.717, 1.165) is 24.0 Å². The van der Waals surface area contributed by atoms with Gasteiger partial charge >= 0.3 is 0 Å². The van der Waals surface area contributed by atoms with E-state index in [1.165, 1.54) is 27.1 Å². The van der Waals surface area contributed by atoms with Crippen molar-refractivity contribution >= 4 is 5.91 Å². The molecule has 1 saturated carbocycles. The zero-order chi connectivity index (χ0) is 23.8. The molecule has 1 heterocycles. The minimum atomic E-state index is -0.249. The molecule has 1 fully saturated rings. The van der Waals surface area contributed by atoms with Crippen molar-refractivity contribution in [3.05, 3.63) is 77.5 Å². The normalized spacial score (nSPS) is 13.4. The highest BCUT2D eigenvalue weighted by Gasteiger charge is 2.19. The van der Waals surface area contributed by atoms with Crippen LogP contribution in [0.15, 0.2) is 60.8 Å². The summed E-state index contributed by atoms with van der Waals surface area (Å²) in [6, 6.07) is 16.9. The molecule has 34 heavy (non-hydrogen) atoms. The minimum Gasteiger partial charge on any atom is -0.493 e. The molecule has 4 rings (SSSR count). The summed E-state index contributed by atoms with van der Waals surface area (Å²) >= 11 is 0. The molecular formula is C27H30N2O5. The Labute approximate surface area is 200 Å². The average molecular weight is 463 g/mol. The highest BCUT2D eigenvalue weighted by atomic mass is 16.5. The Balaban J connectivity index is 1.42. The topological polar surface area (TPSA) is 78.9 Å². The maximum Gasteiger partial charge on any atom is 0.251 e. The van der Waals surface area contributed by atoms with Crippen molar-refractivity contribution in [1.82, 2.24) is 10.3 Å². The molecule has 1 aliphatic rings.